The van der Waals surface area contributed by atoms with E-state index < -0.39 is 41.5 Å². The zero-order valence-corrected chi connectivity index (χ0v) is 20.5. The quantitative estimate of drug-likeness (QED) is 0.268. The maximum Gasteiger partial charge on any atom is 0.416 e. The van der Waals surface area contributed by atoms with Crippen molar-refractivity contribution >= 4 is 23.1 Å². The summed E-state index contributed by atoms with van der Waals surface area (Å²) in [5.41, 5.74) is 6.33. The topological polar surface area (TPSA) is 116 Å². The molecule has 0 bridgehead atoms. The second kappa shape index (κ2) is 11.6. The number of nitrogens with two attached hydrogens (primary N) is 1. The lowest BCUT2D eigenvalue weighted by atomic mass is 10.0. The van der Waals surface area contributed by atoms with Crippen LogP contribution in [0.4, 0.5) is 38.3 Å². The van der Waals surface area contributed by atoms with Crippen molar-refractivity contribution in [2.75, 3.05) is 31.4 Å². The van der Waals surface area contributed by atoms with Crippen molar-refractivity contribution in [1.82, 2.24) is 19.9 Å². The molecule has 0 saturated carbocycles. The predicted molar refractivity (Wildman–Crippen MR) is 133 cm³/mol. The first-order valence-electron chi connectivity index (χ1n) is 11.5. The molecule has 4 rings (SSSR count). The van der Waals surface area contributed by atoms with E-state index in [1.807, 2.05) is 0 Å². The molecular weight excluding hydrogens is 527 g/mol. The van der Waals surface area contributed by atoms with Crippen molar-refractivity contribution < 1.29 is 36.2 Å². The number of nitrogen functional groups attached to an aromatic ring is 1. The number of urea groups is 1. The van der Waals surface area contributed by atoms with Crippen LogP contribution >= 0.6 is 0 Å². The van der Waals surface area contributed by atoms with Crippen LogP contribution < -0.4 is 16.4 Å². The number of aromatic nitrogens is 3. The third kappa shape index (κ3) is 6.41. The number of nitrogens with one attached hydrogen (secondary N) is 2. The maximum absolute atomic E-state index is 15.1. The normalized spacial score (nSPS) is 13.9. The summed E-state index contributed by atoms with van der Waals surface area (Å²) in [5, 5.41) is 8.51. The van der Waals surface area contributed by atoms with Gasteiger partial charge in [0.05, 0.1) is 36.8 Å². The number of anilines is 2. The first kappa shape index (κ1) is 27.7. The number of amides is 2. The van der Waals surface area contributed by atoms with Crippen LogP contribution in [0.3, 0.4) is 0 Å². The van der Waals surface area contributed by atoms with Crippen LogP contribution in [0.2, 0.25) is 0 Å². The van der Waals surface area contributed by atoms with E-state index in [1.54, 1.807) is 6.20 Å². The molecule has 1 aliphatic rings. The number of ether oxygens (including phenoxy) is 2. The highest BCUT2D eigenvalue weighted by molar-refractivity contribution is 5.93. The fourth-order valence-corrected chi connectivity index (χ4v) is 3.87. The Labute approximate surface area is 218 Å². The van der Waals surface area contributed by atoms with Gasteiger partial charge in [-0.2, -0.15) is 18.3 Å². The summed E-state index contributed by atoms with van der Waals surface area (Å²) in [7, 11) is 1.54. The average molecular weight is 550 g/mol. The summed E-state index contributed by atoms with van der Waals surface area (Å²) >= 11 is 0. The molecule has 0 saturated heterocycles. The molecule has 0 atom stereocenters. The number of halogens is 5. The lowest BCUT2D eigenvalue weighted by molar-refractivity contribution is -0.0883. The van der Waals surface area contributed by atoms with Gasteiger partial charge in [-0.05, 0) is 29.8 Å². The fourth-order valence-electron chi connectivity index (χ4n) is 3.87. The number of benzene rings is 1. The number of carbonyl (C=O) groups excluding carboxylic acids is 1. The number of rotatable bonds is 8. The highest BCUT2D eigenvalue weighted by atomic mass is 19.4. The summed E-state index contributed by atoms with van der Waals surface area (Å²) in [6.45, 7) is 0.833. The van der Waals surface area contributed by atoms with Crippen LogP contribution in [0.15, 0.2) is 66.0 Å². The summed E-state index contributed by atoms with van der Waals surface area (Å²) in [6.07, 6.45) is -0.333. The van der Waals surface area contributed by atoms with Crippen LogP contribution in [-0.2, 0) is 16.1 Å². The Balaban J connectivity index is 1.55. The van der Waals surface area contributed by atoms with E-state index in [0.717, 1.165) is 12.1 Å². The minimum Gasteiger partial charge on any atom is -0.382 e. The van der Waals surface area contributed by atoms with E-state index in [0.29, 0.717) is 47.6 Å². The zero-order chi connectivity index (χ0) is 28.2. The molecule has 0 fully saturated rings. The molecule has 2 aromatic heterocycles. The molecule has 2 heterocycles. The van der Waals surface area contributed by atoms with Crippen molar-refractivity contribution in [1.29, 1.82) is 0 Å². The SMILES string of the molecule is COCCOCc1cn2ncnc(N)c2c1-c1ccc(NC(=O)NC2=C(F)C=CC(C(F)(F)F)=CC2)c(F)c1. The number of hydrogen-bond donors (Lipinski definition) is 3. The highest BCUT2D eigenvalue weighted by Crippen LogP contribution is 2.35. The molecule has 1 aromatic carbocycles. The van der Waals surface area contributed by atoms with Gasteiger partial charge in [-0.3, -0.25) is 0 Å². The van der Waals surface area contributed by atoms with E-state index in [1.165, 1.54) is 30.1 Å². The maximum atomic E-state index is 15.1. The van der Waals surface area contributed by atoms with E-state index in [4.69, 9.17) is 15.2 Å². The Bertz CT molecular complexity index is 1480. The van der Waals surface area contributed by atoms with E-state index in [2.05, 4.69) is 20.7 Å². The third-order valence-electron chi connectivity index (χ3n) is 5.69. The molecule has 3 aromatic rings. The molecule has 14 heteroatoms. The average Bonchev–Trinajstić information content (AvgIpc) is 3.15. The Hall–Kier alpha value is -4.30. The molecule has 0 spiro atoms. The molecule has 0 unspecified atom stereocenters. The molecule has 0 radical (unpaired) electrons. The highest BCUT2D eigenvalue weighted by Gasteiger charge is 2.32. The second-order valence-corrected chi connectivity index (χ2v) is 8.31. The molecule has 0 aliphatic heterocycles. The van der Waals surface area contributed by atoms with Crippen molar-refractivity contribution in [3.05, 3.63) is 77.4 Å². The van der Waals surface area contributed by atoms with Crippen molar-refractivity contribution in [3.8, 4) is 11.1 Å². The Morgan fingerprint density at radius 1 is 1.18 bits per heavy atom. The number of fused-ring (bicyclic) bond motifs is 1. The number of hydrogen-bond acceptors (Lipinski definition) is 6. The van der Waals surface area contributed by atoms with Crippen LogP contribution in [0.1, 0.15) is 12.0 Å². The predicted octanol–water partition coefficient (Wildman–Crippen LogP) is 5.03. The van der Waals surface area contributed by atoms with Crippen LogP contribution in [0, 0.1) is 5.82 Å². The first-order chi connectivity index (χ1) is 18.6. The molecule has 9 nitrogen and oxygen atoms in total. The Morgan fingerprint density at radius 2 is 1.97 bits per heavy atom. The molecule has 206 valence electrons. The minimum absolute atomic E-state index is 0.144. The van der Waals surface area contributed by atoms with E-state index >= 15 is 4.39 Å². The van der Waals surface area contributed by atoms with Crippen molar-refractivity contribution in [3.63, 3.8) is 0 Å². The van der Waals surface area contributed by atoms with Crippen molar-refractivity contribution in [2.24, 2.45) is 0 Å². The van der Waals surface area contributed by atoms with Gasteiger partial charge in [-0.15, -0.1) is 0 Å². The minimum atomic E-state index is -4.67. The van der Waals surface area contributed by atoms with Gasteiger partial charge in [-0.25, -0.2) is 23.1 Å². The standard InChI is InChI=1S/C25H23F5N6O3/c1-38-8-9-39-12-15-11-36-22(23(31)32-13-33-36)21(15)14-2-6-20(18(27)10-14)35-24(37)34-19-7-4-16(25(28,29)30)3-5-17(19)26/h2-6,10-11,13H,7-9,12H2,1H3,(H2,31,32,33)(H2,34,35,37). The summed E-state index contributed by atoms with van der Waals surface area (Å²) in [6, 6.07) is 2.92. The smallest absolute Gasteiger partial charge is 0.382 e. The van der Waals surface area contributed by atoms with E-state index in [9.17, 15) is 22.4 Å². The van der Waals surface area contributed by atoms with Crippen molar-refractivity contribution in [2.45, 2.75) is 19.2 Å². The second-order valence-electron chi connectivity index (χ2n) is 8.31. The monoisotopic (exact) mass is 550 g/mol. The third-order valence-corrected chi connectivity index (χ3v) is 5.69. The van der Waals surface area contributed by atoms with Gasteiger partial charge in [0.1, 0.15) is 23.5 Å². The number of methoxy groups -OCH3 is 1. The number of nitrogens with zero attached hydrogens (tertiary/aromatic N) is 3. The molecule has 39 heavy (non-hydrogen) atoms. The number of allylic oxidation sites excluding steroid dienone is 5. The van der Waals surface area contributed by atoms with Gasteiger partial charge in [0.15, 0.2) is 5.82 Å². The zero-order valence-electron chi connectivity index (χ0n) is 20.5. The molecule has 2 amide bonds. The fraction of sp³-hybridized carbons (Fsp3) is 0.240. The Kier molecular flexibility index (Phi) is 8.26. The molecular formula is C25H23F5N6O3. The lowest BCUT2D eigenvalue weighted by Gasteiger charge is -2.12. The summed E-state index contributed by atoms with van der Waals surface area (Å²) in [4.78, 5) is 16.4. The largest absolute Gasteiger partial charge is 0.416 e. The summed E-state index contributed by atoms with van der Waals surface area (Å²) < 4.78 is 80.1. The van der Waals surface area contributed by atoms with Gasteiger partial charge in [-0.1, -0.05) is 12.1 Å². The van der Waals surface area contributed by atoms with E-state index in [-0.39, 0.29) is 18.1 Å². The Morgan fingerprint density at radius 3 is 2.69 bits per heavy atom. The number of carbonyl (C=O) groups is 1. The molecule has 4 N–H and O–H groups in total. The van der Waals surface area contributed by atoms with Crippen LogP contribution in [0.5, 0.6) is 0 Å². The van der Waals surface area contributed by atoms with Crippen LogP contribution in [0.25, 0.3) is 16.6 Å². The van der Waals surface area contributed by atoms with Gasteiger partial charge in [0.25, 0.3) is 0 Å². The van der Waals surface area contributed by atoms with Gasteiger partial charge in [0.2, 0.25) is 0 Å². The lowest BCUT2D eigenvalue weighted by Crippen LogP contribution is -2.29. The van der Waals surface area contributed by atoms with Crippen LogP contribution in [-0.4, -0.2) is 47.1 Å². The molecule has 1 aliphatic carbocycles. The van der Waals surface area contributed by atoms with Gasteiger partial charge in [0, 0.05) is 30.9 Å². The van der Waals surface area contributed by atoms with Gasteiger partial charge < -0.3 is 25.8 Å². The van der Waals surface area contributed by atoms with Gasteiger partial charge >= 0.3 is 12.2 Å². The number of alkyl halides is 3. The first-order valence-corrected chi connectivity index (χ1v) is 11.5. The summed E-state index contributed by atoms with van der Waals surface area (Å²) in [5.74, 6) is -1.74.